The molecule has 0 aliphatic carbocycles. The van der Waals surface area contributed by atoms with Crippen molar-refractivity contribution < 1.29 is 9.53 Å². The molecule has 0 N–H and O–H groups in total. The number of anilines is 1. The van der Waals surface area contributed by atoms with Gasteiger partial charge in [0.1, 0.15) is 0 Å². The summed E-state index contributed by atoms with van der Waals surface area (Å²) in [6, 6.07) is 7.59. The Hall–Kier alpha value is -2.15. The first-order chi connectivity index (χ1) is 10.7. The lowest BCUT2D eigenvalue weighted by molar-refractivity contribution is -0.118. The van der Waals surface area contributed by atoms with Gasteiger partial charge in [0.05, 0.1) is 5.69 Å². The van der Waals surface area contributed by atoms with Crippen molar-refractivity contribution in [2.75, 3.05) is 11.2 Å². The second-order valence-electron chi connectivity index (χ2n) is 4.84. The average molecular weight is 316 g/mol. The predicted octanol–water partition coefficient (Wildman–Crippen LogP) is 2.74. The molecule has 0 radical (unpaired) electrons. The fourth-order valence-electron chi connectivity index (χ4n) is 2.49. The second kappa shape index (κ2) is 5.92. The molecule has 1 amide bonds. The van der Waals surface area contributed by atoms with Crippen LogP contribution in [0.3, 0.4) is 0 Å². The molecule has 1 aliphatic rings. The number of amides is 1. The molecule has 6 nitrogen and oxygen atoms in total. The molecule has 2 aromatic rings. The average Bonchev–Trinajstić information content (AvgIpc) is 2.68. The summed E-state index contributed by atoms with van der Waals surface area (Å²) in [5, 5.41) is 8.89. The molecule has 1 aliphatic heterocycles. The van der Waals surface area contributed by atoms with E-state index in [1.807, 2.05) is 37.4 Å². The first-order valence-corrected chi connectivity index (χ1v) is 8.22. The Labute approximate surface area is 132 Å². The monoisotopic (exact) mass is 316 g/mol. The zero-order valence-electron chi connectivity index (χ0n) is 12.6. The molecule has 2 heterocycles. The summed E-state index contributed by atoms with van der Waals surface area (Å²) < 4.78 is 5.98. The van der Waals surface area contributed by atoms with Gasteiger partial charge >= 0.3 is 0 Å². The zero-order valence-corrected chi connectivity index (χ0v) is 13.4. The third-order valence-electron chi connectivity index (χ3n) is 3.46. The summed E-state index contributed by atoms with van der Waals surface area (Å²) in [5.74, 6) is 0.340. The van der Waals surface area contributed by atoms with Gasteiger partial charge in [-0.3, -0.25) is 9.69 Å². The zero-order chi connectivity index (χ0) is 15.7. The number of nitrogens with zero attached hydrogens (tertiary/aromatic N) is 4. The van der Waals surface area contributed by atoms with Gasteiger partial charge in [-0.05, 0) is 12.3 Å². The van der Waals surface area contributed by atoms with E-state index in [-0.39, 0.29) is 5.91 Å². The van der Waals surface area contributed by atoms with Crippen LogP contribution in [0.4, 0.5) is 5.69 Å². The topological polar surface area (TPSA) is 68.2 Å². The number of fused-ring (bicyclic) bond motifs is 3. The van der Waals surface area contributed by atoms with Crippen molar-refractivity contribution in [3.63, 3.8) is 0 Å². The highest BCUT2D eigenvalue weighted by Gasteiger charge is 2.32. The van der Waals surface area contributed by atoms with Gasteiger partial charge in [0.15, 0.2) is 11.9 Å². The van der Waals surface area contributed by atoms with Crippen molar-refractivity contribution in [1.29, 1.82) is 0 Å². The molecule has 3 rings (SSSR count). The van der Waals surface area contributed by atoms with Gasteiger partial charge < -0.3 is 4.74 Å². The van der Waals surface area contributed by atoms with Gasteiger partial charge in [0.25, 0.3) is 0 Å². The number of ether oxygens (including phenoxy) is 1. The third-order valence-corrected chi connectivity index (χ3v) is 4.00. The smallest absolute Gasteiger partial charge is 0.247 e. The van der Waals surface area contributed by atoms with E-state index in [1.165, 1.54) is 18.7 Å². The summed E-state index contributed by atoms with van der Waals surface area (Å²) in [4.78, 5) is 18.2. The number of carbonyl (C=O) groups is 1. The summed E-state index contributed by atoms with van der Waals surface area (Å²) >= 11 is 1.40. The molecule has 1 aromatic heterocycles. The summed E-state index contributed by atoms with van der Waals surface area (Å²) in [6.45, 7) is 3.50. The number of rotatable bonds is 2. The van der Waals surface area contributed by atoms with Crippen molar-refractivity contribution in [1.82, 2.24) is 15.2 Å². The largest absolute Gasteiger partial charge is 0.451 e. The Morgan fingerprint density at radius 1 is 1.36 bits per heavy atom. The van der Waals surface area contributed by atoms with Gasteiger partial charge in [-0.2, -0.15) is 4.98 Å². The minimum absolute atomic E-state index is 0.0786. The maximum atomic E-state index is 12.1. The molecule has 0 saturated heterocycles. The van der Waals surface area contributed by atoms with E-state index >= 15 is 0 Å². The summed E-state index contributed by atoms with van der Waals surface area (Å²) in [5.41, 5.74) is 2.14. The van der Waals surface area contributed by atoms with Crippen LogP contribution < -0.4 is 9.64 Å². The number of thioether (sulfide) groups is 1. The lowest BCUT2D eigenvalue weighted by atomic mass is 10.1. The minimum Gasteiger partial charge on any atom is -0.451 e. The number of carbonyl (C=O) groups excluding carboxylic acids is 1. The molecule has 22 heavy (non-hydrogen) atoms. The van der Waals surface area contributed by atoms with Crippen LogP contribution >= 0.6 is 11.8 Å². The van der Waals surface area contributed by atoms with Crippen molar-refractivity contribution in [3.05, 3.63) is 24.3 Å². The molecular formula is C15H16N4O2S. The molecule has 0 fully saturated rings. The SMILES string of the molecule is CC[C@@H]1Oc2nc(SC)nnc2-c2ccccc2N1C(C)=O. The van der Waals surface area contributed by atoms with E-state index in [2.05, 4.69) is 15.2 Å². The highest BCUT2D eigenvalue weighted by atomic mass is 32.2. The summed E-state index contributed by atoms with van der Waals surface area (Å²) in [6.07, 6.45) is 2.12. The van der Waals surface area contributed by atoms with Gasteiger partial charge in [-0.25, -0.2) is 0 Å². The van der Waals surface area contributed by atoms with E-state index < -0.39 is 6.23 Å². The number of hydrogen-bond acceptors (Lipinski definition) is 6. The Balaban J connectivity index is 2.25. The van der Waals surface area contributed by atoms with Crippen LogP contribution in [0.2, 0.25) is 0 Å². The van der Waals surface area contributed by atoms with E-state index in [0.29, 0.717) is 23.2 Å². The highest BCUT2D eigenvalue weighted by Crippen LogP contribution is 2.39. The molecule has 114 valence electrons. The Morgan fingerprint density at radius 3 is 2.82 bits per heavy atom. The number of hydrogen-bond donors (Lipinski definition) is 0. The third kappa shape index (κ3) is 2.41. The van der Waals surface area contributed by atoms with Crippen LogP contribution in [-0.4, -0.2) is 33.6 Å². The molecule has 1 aromatic carbocycles. The van der Waals surface area contributed by atoms with Crippen LogP contribution in [0, 0.1) is 0 Å². The first kappa shape index (κ1) is 14.8. The quantitative estimate of drug-likeness (QED) is 0.794. The van der Waals surface area contributed by atoms with Gasteiger partial charge in [-0.1, -0.05) is 36.9 Å². The maximum Gasteiger partial charge on any atom is 0.247 e. The second-order valence-corrected chi connectivity index (χ2v) is 5.61. The molecular weight excluding hydrogens is 300 g/mol. The number of benzene rings is 1. The van der Waals surface area contributed by atoms with Crippen LogP contribution in [0.1, 0.15) is 20.3 Å². The van der Waals surface area contributed by atoms with Crippen molar-refractivity contribution >= 4 is 23.4 Å². The van der Waals surface area contributed by atoms with Gasteiger partial charge in [0, 0.05) is 18.9 Å². The van der Waals surface area contributed by atoms with E-state index in [1.54, 1.807) is 4.90 Å². The van der Waals surface area contributed by atoms with Crippen molar-refractivity contribution in [2.45, 2.75) is 31.7 Å². The Bertz CT molecular complexity index is 722. The van der Waals surface area contributed by atoms with Gasteiger partial charge in [0.2, 0.25) is 16.9 Å². The first-order valence-electron chi connectivity index (χ1n) is 7.00. The fraction of sp³-hybridized carbons (Fsp3) is 0.333. The maximum absolute atomic E-state index is 12.1. The molecule has 0 bridgehead atoms. The number of para-hydroxylation sites is 1. The van der Waals surface area contributed by atoms with Crippen LogP contribution in [0.5, 0.6) is 5.88 Å². The van der Waals surface area contributed by atoms with Crippen LogP contribution in [-0.2, 0) is 4.79 Å². The van der Waals surface area contributed by atoms with Crippen molar-refractivity contribution in [3.8, 4) is 17.1 Å². The van der Waals surface area contributed by atoms with E-state index in [4.69, 9.17) is 4.74 Å². The molecule has 0 saturated carbocycles. The van der Waals surface area contributed by atoms with Crippen LogP contribution in [0.15, 0.2) is 29.4 Å². The molecule has 0 spiro atoms. The fourth-order valence-corrected chi connectivity index (χ4v) is 2.79. The molecule has 7 heteroatoms. The summed E-state index contributed by atoms with van der Waals surface area (Å²) in [7, 11) is 0. The molecule has 1 atom stereocenters. The Morgan fingerprint density at radius 2 is 2.14 bits per heavy atom. The van der Waals surface area contributed by atoms with Crippen molar-refractivity contribution in [2.24, 2.45) is 0 Å². The minimum atomic E-state index is -0.411. The highest BCUT2D eigenvalue weighted by molar-refractivity contribution is 7.98. The Kier molecular flexibility index (Phi) is 3.98. The number of aromatic nitrogens is 3. The standard InChI is InChI=1S/C15H16N4O2S/c1-4-12-19(9(2)20)11-8-6-5-7-10(11)13-14(21-12)16-15(22-3)18-17-13/h5-8,12H,4H2,1-3H3/t12-/m0/s1. The van der Waals surface area contributed by atoms with Crippen LogP contribution in [0.25, 0.3) is 11.3 Å². The predicted molar refractivity (Wildman–Crippen MR) is 84.9 cm³/mol. The lowest BCUT2D eigenvalue weighted by Gasteiger charge is -2.28. The molecule has 0 unspecified atom stereocenters. The van der Waals surface area contributed by atoms with Gasteiger partial charge in [-0.15, -0.1) is 10.2 Å². The lowest BCUT2D eigenvalue weighted by Crippen LogP contribution is -2.42. The van der Waals surface area contributed by atoms with E-state index in [0.717, 1.165) is 11.3 Å². The normalized spacial score (nSPS) is 16.3. The van der Waals surface area contributed by atoms with E-state index in [9.17, 15) is 4.79 Å².